The van der Waals surface area contributed by atoms with Crippen LogP contribution >= 0.6 is 0 Å². The number of nitrogens with zero attached hydrogens (tertiary/aromatic N) is 3. The first-order valence-electron chi connectivity index (χ1n) is 10.7. The Balaban J connectivity index is 1.82. The molecule has 0 amide bonds. The smallest absolute Gasteiger partial charge is 0.260 e. The average molecular weight is 404 g/mol. The van der Waals surface area contributed by atoms with Crippen molar-refractivity contribution in [2.45, 2.75) is 39.3 Å². The van der Waals surface area contributed by atoms with Crippen LogP contribution in [0, 0.1) is 12.8 Å². The second-order valence-electron chi connectivity index (χ2n) is 8.33. The number of pyridine rings is 2. The highest BCUT2D eigenvalue weighted by atomic mass is 16.3. The van der Waals surface area contributed by atoms with E-state index in [2.05, 4.69) is 16.8 Å². The van der Waals surface area contributed by atoms with Crippen molar-refractivity contribution < 1.29 is 5.11 Å². The van der Waals surface area contributed by atoms with Gasteiger partial charge in [0.2, 0.25) is 0 Å². The molecule has 0 radical (unpaired) electrons. The van der Waals surface area contributed by atoms with E-state index in [9.17, 15) is 9.90 Å². The molecule has 4 rings (SSSR count). The summed E-state index contributed by atoms with van der Waals surface area (Å²) in [4.78, 5) is 20.4. The van der Waals surface area contributed by atoms with Gasteiger partial charge in [-0.1, -0.05) is 43.3 Å². The average Bonchev–Trinajstić information content (AvgIpc) is 2.76. The van der Waals surface area contributed by atoms with Crippen molar-refractivity contribution in [2.24, 2.45) is 5.92 Å². The molecule has 5 nitrogen and oxygen atoms in total. The van der Waals surface area contributed by atoms with Crippen LogP contribution in [0.3, 0.4) is 0 Å². The molecule has 1 fully saturated rings. The standard InChI is InChI=1S/C25H29N3O2/c1-18-11-14-27(15-12-18)24(20-8-4-3-5-9-20)23-22(29)16-19(2)28(25(23)30)17-21-10-6-7-13-26-21/h3-10,13,16,18,24,29H,11-12,14-15,17H2,1-2H3/t24-/m0/s1. The third-order valence-electron chi connectivity index (χ3n) is 6.14. The summed E-state index contributed by atoms with van der Waals surface area (Å²) >= 11 is 0. The van der Waals surface area contributed by atoms with Crippen molar-refractivity contribution in [2.75, 3.05) is 13.1 Å². The summed E-state index contributed by atoms with van der Waals surface area (Å²) in [5.41, 5.74) is 2.89. The molecular weight excluding hydrogens is 374 g/mol. The molecule has 1 N–H and O–H groups in total. The van der Waals surface area contributed by atoms with Crippen LogP contribution in [0.2, 0.25) is 0 Å². The molecule has 5 heteroatoms. The van der Waals surface area contributed by atoms with Crippen LogP contribution in [0.1, 0.15) is 48.3 Å². The number of benzene rings is 1. The normalized spacial score (nSPS) is 16.5. The minimum absolute atomic E-state index is 0.0715. The third-order valence-corrected chi connectivity index (χ3v) is 6.14. The number of rotatable bonds is 5. The van der Waals surface area contributed by atoms with E-state index in [4.69, 9.17) is 0 Å². The Hall–Kier alpha value is -2.92. The fraction of sp³-hybridized carbons (Fsp3) is 0.360. The monoisotopic (exact) mass is 403 g/mol. The van der Waals surface area contributed by atoms with Gasteiger partial charge in [-0.15, -0.1) is 0 Å². The van der Waals surface area contributed by atoms with Gasteiger partial charge in [-0.3, -0.25) is 14.7 Å². The summed E-state index contributed by atoms with van der Waals surface area (Å²) in [5.74, 6) is 0.757. The van der Waals surface area contributed by atoms with Gasteiger partial charge in [0.15, 0.2) is 0 Å². The minimum Gasteiger partial charge on any atom is -0.507 e. The summed E-state index contributed by atoms with van der Waals surface area (Å²) in [6.45, 7) is 6.34. The maximum Gasteiger partial charge on any atom is 0.260 e. The molecule has 3 aromatic rings. The molecule has 2 aromatic heterocycles. The molecule has 1 aliphatic rings. The number of likely N-dealkylation sites (tertiary alicyclic amines) is 1. The number of aromatic hydroxyl groups is 1. The van der Waals surface area contributed by atoms with Crippen LogP contribution in [0.15, 0.2) is 65.6 Å². The van der Waals surface area contributed by atoms with E-state index in [1.165, 1.54) is 0 Å². The first-order valence-corrected chi connectivity index (χ1v) is 10.7. The van der Waals surface area contributed by atoms with E-state index in [1.807, 2.05) is 55.5 Å². The lowest BCUT2D eigenvalue weighted by molar-refractivity contribution is 0.154. The van der Waals surface area contributed by atoms with Gasteiger partial charge in [-0.05, 0) is 62.5 Å². The van der Waals surface area contributed by atoms with Crippen LogP contribution in [0.5, 0.6) is 5.75 Å². The maximum absolute atomic E-state index is 13.7. The molecule has 0 spiro atoms. The Bertz CT molecular complexity index is 1040. The molecule has 0 unspecified atom stereocenters. The molecule has 1 saturated heterocycles. The lowest BCUT2D eigenvalue weighted by atomic mass is 9.92. The molecular formula is C25H29N3O2. The van der Waals surface area contributed by atoms with Gasteiger partial charge in [0, 0.05) is 11.9 Å². The highest BCUT2D eigenvalue weighted by molar-refractivity contribution is 5.41. The second kappa shape index (κ2) is 8.84. The fourth-order valence-electron chi connectivity index (χ4n) is 4.36. The van der Waals surface area contributed by atoms with Crippen LogP contribution in [0.4, 0.5) is 0 Å². The Labute approximate surface area is 177 Å². The van der Waals surface area contributed by atoms with E-state index >= 15 is 0 Å². The van der Waals surface area contributed by atoms with Crippen molar-refractivity contribution in [3.8, 4) is 5.75 Å². The zero-order valence-corrected chi connectivity index (χ0v) is 17.7. The van der Waals surface area contributed by atoms with Gasteiger partial charge in [-0.2, -0.15) is 0 Å². The Kier molecular flexibility index (Phi) is 6.00. The molecule has 156 valence electrons. The summed E-state index contributed by atoms with van der Waals surface area (Å²) in [6.07, 6.45) is 3.93. The largest absolute Gasteiger partial charge is 0.507 e. The van der Waals surface area contributed by atoms with Gasteiger partial charge in [0.05, 0.1) is 23.8 Å². The van der Waals surface area contributed by atoms with Gasteiger partial charge < -0.3 is 9.67 Å². The molecule has 3 heterocycles. The third kappa shape index (κ3) is 4.17. The first kappa shape index (κ1) is 20.4. The van der Waals surface area contributed by atoms with Crippen molar-refractivity contribution in [3.63, 3.8) is 0 Å². The molecule has 0 aliphatic carbocycles. The molecule has 0 saturated carbocycles. The summed E-state index contributed by atoms with van der Waals surface area (Å²) in [6, 6.07) is 17.2. The maximum atomic E-state index is 13.7. The number of aryl methyl sites for hydroxylation is 1. The molecule has 1 aliphatic heterocycles. The van der Waals surface area contributed by atoms with Gasteiger partial charge in [0.25, 0.3) is 5.56 Å². The first-order chi connectivity index (χ1) is 14.5. The minimum atomic E-state index is -0.262. The number of aromatic nitrogens is 2. The van der Waals surface area contributed by atoms with E-state index < -0.39 is 0 Å². The van der Waals surface area contributed by atoms with Crippen molar-refractivity contribution in [1.29, 1.82) is 0 Å². The number of piperidine rings is 1. The van der Waals surface area contributed by atoms with Crippen LogP contribution in [-0.4, -0.2) is 32.6 Å². The van der Waals surface area contributed by atoms with Gasteiger partial charge >= 0.3 is 0 Å². The van der Waals surface area contributed by atoms with E-state index in [0.29, 0.717) is 18.0 Å². The summed E-state index contributed by atoms with van der Waals surface area (Å²) in [5, 5.41) is 10.9. The lowest BCUT2D eigenvalue weighted by Crippen LogP contribution is -2.40. The van der Waals surface area contributed by atoms with Crippen molar-refractivity contribution in [3.05, 3.63) is 93.7 Å². The molecule has 30 heavy (non-hydrogen) atoms. The quantitative estimate of drug-likeness (QED) is 0.696. The Morgan fingerprint density at radius 2 is 1.80 bits per heavy atom. The predicted molar refractivity (Wildman–Crippen MR) is 119 cm³/mol. The van der Waals surface area contributed by atoms with Crippen LogP contribution in [0.25, 0.3) is 0 Å². The summed E-state index contributed by atoms with van der Waals surface area (Å²) < 4.78 is 1.72. The van der Waals surface area contributed by atoms with Crippen LogP contribution in [-0.2, 0) is 6.54 Å². The predicted octanol–water partition coefficient (Wildman–Crippen LogP) is 4.13. The van der Waals surface area contributed by atoms with E-state index in [0.717, 1.165) is 42.9 Å². The van der Waals surface area contributed by atoms with Crippen molar-refractivity contribution >= 4 is 0 Å². The fourth-order valence-corrected chi connectivity index (χ4v) is 4.36. The lowest BCUT2D eigenvalue weighted by Gasteiger charge is -2.37. The van der Waals surface area contributed by atoms with Gasteiger partial charge in [0.1, 0.15) is 5.75 Å². The summed E-state index contributed by atoms with van der Waals surface area (Å²) in [7, 11) is 0. The van der Waals surface area contributed by atoms with E-state index in [-0.39, 0.29) is 17.4 Å². The molecule has 1 atom stereocenters. The molecule has 1 aromatic carbocycles. The van der Waals surface area contributed by atoms with Gasteiger partial charge in [-0.25, -0.2) is 0 Å². The van der Waals surface area contributed by atoms with Crippen molar-refractivity contribution in [1.82, 2.24) is 14.5 Å². The Morgan fingerprint density at radius 1 is 1.10 bits per heavy atom. The number of hydrogen-bond acceptors (Lipinski definition) is 4. The SMILES string of the molecule is Cc1cc(O)c([C@H](c2ccccc2)N2CCC(C)CC2)c(=O)n1Cc1ccccn1. The highest BCUT2D eigenvalue weighted by Crippen LogP contribution is 2.35. The molecule has 0 bridgehead atoms. The highest BCUT2D eigenvalue weighted by Gasteiger charge is 2.31. The zero-order chi connectivity index (χ0) is 21.1. The van der Waals surface area contributed by atoms with E-state index in [1.54, 1.807) is 16.8 Å². The Morgan fingerprint density at radius 3 is 2.47 bits per heavy atom. The zero-order valence-electron chi connectivity index (χ0n) is 17.7. The van der Waals surface area contributed by atoms with Crippen LogP contribution < -0.4 is 5.56 Å². The topological polar surface area (TPSA) is 58.4 Å². The number of hydrogen-bond donors (Lipinski definition) is 1. The second-order valence-corrected chi connectivity index (χ2v) is 8.33.